The number of rotatable bonds is 3. The van der Waals surface area contributed by atoms with Crippen molar-refractivity contribution in [2.45, 2.75) is 32.7 Å². The predicted octanol–water partition coefficient (Wildman–Crippen LogP) is 4.54. The first-order valence-corrected chi connectivity index (χ1v) is 8.97. The summed E-state index contributed by atoms with van der Waals surface area (Å²) in [5.74, 6) is -0.0187. The Morgan fingerprint density at radius 1 is 1.32 bits per heavy atom. The quantitative estimate of drug-likeness (QED) is 0.711. The molecule has 0 aromatic heterocycles. The van der Waals surface area contributed by atoms with Crippen LogP contribution in [0.15, 0.2) is 40.9 Å². The summed E-state index contributed by atoms with van der Waals surface area (Å²) < 4.78 is 0.895. The summed E-state index contributed by atoms with van der Waals surface area (Å²) in [4.78, 5) is 14.9. The summed E-state index contributed by atoms with van der Waals surface area (Å²) >= 11 is 3.51. The van der Waals surface area contributed by atoms with Crippen LogP contribution in [0.1, 0.15) is 24.5 Å². The molecule has 0 aliphatic carbocycles. The predicted molar refractivity (Wildman–Crippen MR) is 111 cm³/mol. The van der Waals surface area contributed by atoms with Crippen LogP contribution in [-0.2, 0) is 11.2 Å². The Kier molecular flexibility index (Phi) is 6.36. The fraction of sp³-hybridized carbons (Fsp3) is 0.316. The van der Waals surface area contributed by atoms with Crippen molar-refractivity contribution in [3.63, 3.8) is 0 Å². The zero-order valence-electron chi connectivity index (χ0n) is 14.4. The molecule has 0 bridgehead atoms. The number of amides is 1. The van der Waals surface area contributed by atoms with Gasteiger partial charge in [-0.1, -0.05) is 12.1 Å². The van der Waals surface area contributed by atoms with E-state index in [1.165, 1.54) is 0 Å². The van der Waals surface area contributed by atoms with Gasteiger partial charge in [-0.25, -0.2) is 0 Å². The molecule has 3 N–H and O–H groups in total. The molecule has 1 aliphatic rings. The number of benzene rings is 2. The Hall–Kier alpha value is -1.72. The number of carbonyl (C=O) groups excluding carboxylic acids is 1. The highest BCUT2D eigenvalue weighted by Crippen LogP contribution is 2.33. The van der Waals surface area contributed by atoms with Gasteiger partial charge in [0, 0.05) is 22.4 Å². The van der Waals surface area contributed by atoms with Gasteiger partial charge in [0.1, 0.15) is 6.04 Å². The zero-order chi connectivity index (χ0) is 17.3. The molecule has 0 spiro atoms. The fourth-order valence-corrected chi connectivity index (χ4v) is 3.77. The molecule has 25 heavy (non-hydrogen) atoms. The van der Waals surface area contributed by atoms with Crippen molar-refractivity contribution in [3.05, 3.63) is 52.0 Å². The van der Waals surface area contributed by atoms with Gasteiger partial charge in [-0.2, -0.15) is 0 Å². The minimum Gasteiger partial charge on any atom is -0.398 e. The SMILES string of the molecule is Cc1ccc(NC(=O)C(C)N2CCCc3c(N)cccc32)c(Br)c1.Cl. The van der Waals surface area contributed by atoms with Crippen LogP contribution in [0, 0.1) is 6.92 Å². The number of hydrogen-bond donors (Lipinski definition) is 2. The van der Waals surface area contributed by atoms with E-state index < -0.39 is 0 Å². The molecular formula is C19H23BrClN3O. The Labute approximate surface area is 163 Å². The minimum atomic E-state index is -0.265. The molecule has 0 saturated heterocycles. The van der Waals surface area contributed by atoms with Crippen LogP contribution in [0.4, 0.5) is 17.1 Å². The molecule has 2 aromatic carbocycles. The molecule has 2 aromatic rings. The van der Waals surface area contributed by atoms with Gasteiger partial charge in [-0.15, -0.1) is 12.4 Å². The lowest BCUT2D eigenvalue weighted by Crippen LogP contribution is -2.44. The van der Waals surface area contributed by atoms with E-state index in [1.807, 2.05) is 44.2 Å². The smallest absolute Gasteiger partial charge is 0.246 e. The second-order valence-corrected chi connectivity index (χ2v) is 7.14. The maximum absolute atomic E-state index is 12.7. The third kappa shape index (κ3) is 4.10. The number of halogens is 2. The number of hydrogen-bond acceptors (Lipinski definition) is 3. The monoisotopic (exact) mass is 423 g/mol. The van der Waals surface area contributed by atoms with Crippen molar-refractivity contribution in [2.24, 2.45) is 0 Å². The van der Waals surface area contributed by atoms with Crippen LogP contribution in [0.3, 0.4) is 0 Å². The average molecular weight is 425 g/mol. The number of nitrogen functional groups attached to an aromatic ring is 1. The van der Waals surface area contributed by atoms with E-state index >= 15 is 0 Å². The summed E-state index contributed by atoms with van der Waals surface area (Å²) in [6, 6.07) is 11.6. The largest absolute Gasteiger partial charge is 0.398 e. The summed E-state index contributed by atoms with van der Waals surface area (Å²) in [6.45, 7) is 4.82. The molecule has 4 nitrogen and oxygen atoms in total. The molecule has 134 valence electrons. The van der Waals surface area contributed by atoms with Crippen molar-refractivity contribution < 1.29 is 4.79 Å². The van der Waals surface area contributed by atoms with E-state index in [0.717, 1.165) is 52.0 Å². The number of aryl methyl sites for hydroxylation is 1. The van der Waals surface area contributed by atoms with Crippen molar-refractivity contribution in [3.8, 4) is 0 Å². The van der Waals surface area contributed by atoms with Gasteiger partial charge in [0.05, 0.1) is 5.69 Å². The number of carbonyl (C=O) groups is 1. The highest BCUT2D eigenvalue weighted by atomic mass is 79.9. The number of nitrogens with one attached hydrogen (secondary N) is 1. The standard InChI is InChI=1S/C19H22BrN3O.ClH/c1-12-8-9-17(15(20)11-12)22-19(24)13(2)23-10-4-5-14-16(21)6-3-7-18(14)23;/h3,6-9,11,13H,4-5,10,21H2,1-2H3,(H,22,24);1H. The van der Waals surface area contributed by atoms with Crippen LogP contribution in [-0.4, -0.2) is 18.5 Å². The number of anilines is 3. The topological polar surface area (TPSA) is 58.4 Å². The van der Waals surface area contributed by atoms with Gasteiger partial charge in [-0.05, 0) is 78.0 Å². The van der Waals surface area contributed by atoms with Crippen LogP contribution in [0.2, 0.25) is 0 Å². The molecule has 1 aliphatic heterocycles. The van der Waals surface area contributed by atoms with Crippen molar-refractivity contribution in [1.29, 1.82) is 0 Å². The second kappa shape index (κ2) is 8.11. The number of nitrogens with zero attached hydrogens (tertiary/aromatic N) is 1. The molecule has 1 heterocycles. The summed E-state index contributed by atoms with van der Waals surface area (Å²) in [5, 5.41) is 3.02. The normalized spacial score (nSPS) is 14.3. The van der Waals surface area contributed by atoms with E-state index in [1.54, 1.807) is 0 Å². The maximum atomic E-state index is 12.7. The highest BCUT2D eigenvalue weighted by molar-refractivity contribution is 9.10. The van der Waals surface area contributed by atoms with Crippen LogP contribution < -0.4 is 16.0 Å². The van der Waals surface area contributed by atoms with E-state index in [4.69, 9.17) is 5.73 Å². The van der Waals surface area contributed by atoms with Gasteiger partial charge < -0.3 is 16.0 Å². The molecule has 0 radical (unpaired) electrons. The Morgan fingerprint density at radius 3 is 2.80 bits per heavy atom. The lowest BCUT2D eigenvalue weighted by molar-refractivity contribution is -0.117. The molecule has 0 fully saturated rings. The van der Waals surface area contributed by atoms with Gasteiger partial charge in [0.2, 0.25) is 5.91 Å². The Bertz CT molecular complexity index is 781. The summed E-state index contributed by atoms with van der Waals surface area (Å²) in [5.41, 5.74) is 11.1. The molecular weight excluding hydrogens is 402 g/mol. The Balaban J connectivity index is 0.00000225. The van der Waals surface area contributed by atoms with E-state index in [0.29, 0.717) is 0 Å². The number of nitrogens with two attached hydrogens (primary N) is 1. The average Bonchev–Trinajstić information content (AvgIpc) is 2.56. The van der Waals surface area contributed by atoms with Gasteiger partial charge in [-0.3, -0.25) is 4.79 Å². The van der Waals surface area contributed by atoms with Gasteiger partial charge in [0.25, 0.3) is 0 Å². The maximum Gasteiger partial charge on any atom is 0.246 e. The molecule has 1 unspecified atom stereocenters. The van der Waals surface area contributed by atoms with E-state index in [9.17, 15) is 4.79 Å². The highest BCUT2D eigenvalue weighted by Gasteiger charge is 2.27. The molecule has 6 heteroatoms. The van der Waals surface area contributed by atoms with Crippen molar-refractivity contribution in [1.82, 2.24) is 0 Å². The summed E-state index contributed by atoms with van der Waals surface area (Å²) in [7, 11) is 0. The first-order valence-electron chi connectivity index (χ1n) is 8.18. The van der Waals surface area contributed by atoms with Gasteiger partial charge in [0.15, 0.2) is 0 Å². The zero-order valence-corrected chi connectivity index (χ0v) is 16.8. The fourth-order valence-electron chi connectivity index (χ4n) is 3.18. The van der Waals surface area contributed by atoms with Crippen molar-refractivity contribution >= 4 is 51.3 Å². The van der Waals surface area contributed by atoms with E-state index in [-0.39, 0.29) is 24.4 Å². The second-order valence-electron chi connectivity index (χ2n) is 6.29. The third-order valence-corrected chi connectivity index (χ3v) is 5.21. The first kappa shape index (κ1) is 19.6. The molecule has 1 atom stereocenters. The minimum absolute atomic E-state index is 0. The first-order chi connectivity index (χ1) is 11.5. The van der Waals surface area contributed by atoms with Gasteiger partial charge >= 0.3 is 0 Å². The summed E-state index contributed by atoms with van der Waals surface area (Å²) in [6.07, 6.45) is 1.98. The lowest BCUT2D eigenvalue weighted by atomic mass is 9.98. The Morgan fingerprint density at radius 2 is 2.08 bits per heavy atom. The van der Waals surface area contributed by atoms with Crippen LogP contribution in [0.25, 0.3) is 0 Å². The molecule has 0 saturated carbocycles. The molecule has 3 rings (SSSR count). The van der Waals surface area contributed by atoms with Crippen LogP contribution >= 0.6 is 28.3 Å². The third-order valence-electron chi connectivity index (χ3n) is 4.55. The van der Waals surface area contributed by atoms with Crippen molar-refractivity contribution in [2.75, 3.05) is 22.5 Å². The lowest BCUT2D eigenvalue weighted by Gasteiger charge is -2.36. The van der Waals surface area contributed by atoms with Crippen LogP contribution in [0.5, 0.6) is 0 Å². The number of fused-ring (bicyclic) bond motifs is 1. The molecule has 1 amide bonds. The van der Waals surface area contributed by atoms with E-state index in [2.05, 4.69) is 32.2 Å².